The van der Waals surface area contributed by atoms with Gasteiger partial charge >= 0.3 is 5.97 Å². The summed E-state index contributed by atoms with van der Waals surface area (Å²) in [5.41, 5.74) is 0.403. The van der Waals surface area contributed by atoms with Crippen LogP contribution in [0.4, 0.5) is 5.69 Å². The van der Waals surface area contributed by atoms with Crippen LogP contribution < -0.4 is 9.64 Å². The van der Waals surface area contributed by atoms with Crippen LogP contribution in [0.2, 0.25) is 0 Å². The standard InChI is InChI=1S/C24H30N2O6/c1-16(27)32-19-11-9-18(10-12-19)26-22(28)14-21(24(26)30)25(15-20-8-5-13-31-20)23(29)17-6-3-2-4-7-17/h9-12,17,20-21H,2-8,13-15H2,1H3. The molecule has 1 aliphatic carbocycles. The first-order valence-electron chi connectivity index (χ1n) is 11.5. The van der Waals surface area contributed by atoms with Crippen LogP contribution in [0.15, 0.2) is 24.3 Å². The van der Waals surface area contributed by atoms with Gasteiger partial charge in [-0.2, -0.15) is 0 Å². The summed E-state index contributed by atoms with van der Waals surface area (Å²) in [6.45, 7) is 2.31. The smallest absolute Gasteiger partial charge is 0.308 e. The summed E-state index contributed by atoms with van der Waals surface area (Å²) in [4.78, 5) is 53.6. The molecule has 1 saturated carbocycles. The van der Waals surface area contributed by atoms with Gasteiger partial charge in [-0.15, -0.1) is 0 Å². The molecule has 0 bridgehead atoms. The summed E-state index contributed by atoms with van der Waals surface area (Å²) in [6.07, 6.45) is 6.49. The molecule has 2 aliphatic heterocycles. The molecule has 8 nitrogen and oxygen atoms in total. The van der Waals surface area contributed by atoms with E-state index in [-0.39, 0.29) is 30.3 Å². The van der Waals surface area contributed by atoms with Crippen LogP contribution in [0.3, 0.4) is 0 Å². The van der Waals surface area contributed by atoms with Crippen molar-refractivity contribution in [3.8, 4) is 5.75 Å². The molecular formula is C24H30N2O6. The molecular weight excluding hydrogens is 412 g/mol. The van der Waals surface area contributed by atoms with Crippen molar-refractivity contribution in [1.82, 2.24) is 4.90 Å². The van der Waals surface area contributed by atoms with Gasteiger partial charge in [0.25, 0.3) is 5.91 Å². The third-order valence-electron chi connectivity index (χ3n) is 6.52. The zero-order chi connectivity index (χ0) is 22.7. The minimum absolute atomic E-state index is 0.0293. The Labute approximate surface area is 187 Å². The lowest BCUT2D eigenvalue weighted by molar-refractivity contribution is -0.144. The summed E-state index contributed by atoms with van der Waals surface area (Å²) in [5, 5.41) is 0. The predicted molar refractivity (Wildman–Crippen MR) is 116 cm³/mol. The largest absolute Gasteiger partial charge is 0.427 e. The van der Waals surface area contributed by atoms with Gasteiger partial charge in [0, 0.05) is 26.0 Å². The van der Waals surface area contributed by atoms with E-state index in [1.807, 2.05) is 0 Å². The maximum atomic E-state index is 13.5. The van der Waals surface area contributed by atoms with Gasteiger partial charge in [-0.1, -0.05) is 19.3 Å². The van der Waals surface area contributed by atoms with Gasteiger partial charge in [-0.3, -0.25) is 19.2 Å². The minimum atomic E-state index is -0.811. The number of imide groups is 1. The van der Waals surface area contributed by atoms with E-state index in [2.05, 4.69) is 0 Å². The molecule has 2 unspecified atom stereocenters. The van der Waals surface area contributed by atoms with Gasteiger partial charge in [-0.25, -0.2) is 4.90 Å². The number of carbonyl (C=O) groups is 4. The lowest BCUT2D eigenvalue weighted by atomic mass is 9.87. The molecule has 172 valence electrons. The van der Waals surface area contributed by atoms with E-state index in [4.69, 9.17) is 9.47 Å². The molecule has 3 aliphatic rings. The Morgan fingerprint density at radius 1 is 1.06 bits per heavy atom. The molecule has 3 fully saturated rings. The van der Waals surface area contributed by atoms with Crippen LogP contribution in [0.5, 0.6) is 5.75 Å². The number of rotatable bonds is 6. The van der Waals surface area contributed by atoms with E-state index in [1.54, 1.807) is 29.2 Å². The van der Waals surface area contributed by atoms with Gasteiger partial charge in [0.05, 0.1) is 18.2 Å². The average Bonchev–Trinajstić information content (AvgIpc) is 3.40. The molecule has 0 spiro atoms. The fourth-order valence-electron chi connectivity index (χ4n) is 4.92. The monoisotopic (exact) mass is 442 g/mol. The zero-order valence-corrected chi connectivity index (χ0v) is 18.5. The van der Waals surface area contributed by atoms with E-state index in [0.717, 1.165) is 49.8 Å². The first kappa shape index (κ1) is 22.5. The van der Waals surface area contributed by atoms with Gasteiger partial charge < -0.3 is 14.4 Å². The Balaban J connectivity index is 1.54. The minimum Gasteiger partial charge on any atom is -0.427 e. The Morgan fingerprint density at radius 3 is 2.41 bits per heavy atom. The lowest BCUT2D eigenvalue weighted by Crippen LogP contribution is -2.50. The normalized spacial score (nSPS) is 24.1. The van der Waals surface area contributed by atoms with E-state index < -0.39 is 17.9 Å². The number of hydrogen-bond donors (Lipinski definition) is 0. The topological polar surface area (TPSA) is 93.2 Å². The summed E-state index contributed by atoms with van der Waals surface area (Å²) in [6, 6.07) is 5.42. The summed E-state index contributed by atoms with van der Waals surface area (Å²) >= 11 is 0. The number of carbonyl (C=O) groups excluding carboxylic acids is 4. The first-order chi connectivity index (χ1) is 15.4. The van der Waals surface area contributed by atoms with Crippen molar-refractivity contribution in [3.05, 3.63) is 24.3 Å². The number of esters is 1. The van der Waals surface area contributed by atoms with Crippen LogP contribution >= 0.6 is 0 Å². The Bertz CT molecular complexity index is 871. The van der Waals surface area contributed by atoms with Gasteiger partial charge in [0.2, 0.25) is 11.8 Å². The Kier molecular flexibility index (Phi) is 6.89. The highest BCUT2D eigenvalue weighted by atomic mass is 16.5. The molecule has 8 heteroatoms. The lowest BCUT2D eigenvalue weighted by Gasteiger charge is -2.34. The van der Waals surface area contributed by atoms with Crippen molar-refractivity contribution in [2.24, 2.45) is 5.92 Å². The number of anilines is 1. The second-order valence-corrected chi connectivity index (χ2v) is 8.84. The summed E-state index contributed by atoms with van der Waals surface area (Å²) in [7, 11) is 0. The molecule has 0 aromatic heterocycles. The summed E-state index contributed by atoms with van der Waals surface area (Å²) in [5.74, 6) is -0.962. The maximum Gasteiger partial charge on any atom is 0.308 e. The SMILES string of the molecule is CC(=O)Oc1ccc(N2C(=O)CC(N(CC3CCCO3)C(=O)C3CCCCC3)C2=O)cc1. The van der Waals surface area contributed by atoms with Crippen molar-refractivity contribution in [1.29, 1.82) is 0 Å². The highest BCUT2D eigenvalue weighted by molar-refractivity contribution is 6.23. The van der Waals surface area contributed by atoms with E-state index >= 15 is 0 Å². The van der Waals surface area contributed by atoms with Crippen LogP contribution in [0.25, 0.3) is 0 Å². The average molecular weight is 443 g/mol. The Morgan fingerprint density at radius 2 is 1.78 bits per heavy atom. The quantitative estimate of drug-likeness (QED) is 0.382. The molecule has 32 heavy (non-hydrogen) atoms. The van der Waals surface area contributed by atoms with Gasteiger partial charge in [0.15, 0.2) is 0 Å². The van der Waals surface area contributed by atoms with Crippen LogP contribution in [0, 0.1) is 5.92 Å². The maximum absolute atomic E-state index is 13.5. The second-order valence-electron chi connectivity index (χ2n) is 8.84. The van der Waals surface area contributed by atoms with E-state index in [1.165, 1.54) is 6.92 Å². The number of benzene rings is 1. The molecule has 2 atom stereocenters. The van der Waals surface area contributed by atoms with Crippen LogP contribution in [-0.4, -0.2) is 53.9 Å². The molecule has 2 heterocycles. The number of amides is 3. The third kappa shape index (κ3) is 4.85. The van der Waals surface area contributed by atoms with Crippen molar-refractivity contribution < 1.29 is 28.7 Å². The fourth-order valence-corrected chi connectivity index (χ4v) is 4.92. The Hall–Kier alpha value is -2.74. The van der Waals surface area contributed by atoms with Crippen molar-refractivity contribution >= 4 is 29.4 Å². The first-order valence-corrected chi connectivity index (χ1v) is 11.5. The van der Waals surface area contributed by atoms with E-state index in [9.17, 15) is 19.2 Å². The number of nitrogens with zero attached hydrogens (tertiary/aromatic N) is 2. The van der Waals surface area contributed by atoms with Gasteiger partial charge in [0.1, 0.15) is 11.8 Å². The van der Waals surface area contributed by atoms with Gasteiger partial charge in [-0.05, 0) is 49.9 Å². The van der Waals surface area contributed by atoms with Crippen molar-refractivity contribution in [3.63, 3.8) is 0 Å². The summed E-state index contributed by atoms with van der Waals surface area (Å²) < 4.78 is 10.8. The fraction of sp³-hybridized carbons (Fsp3) is 0.583. The second kappa shape index (κ2) is 9.81. The molecule has 3 amide bonds. The predicted octanol–water partition coefficient (Wildman–Crippen LogP) is 2.83. The number of hydrogen-bond acceptors (Lipinski definition) is 6. The molecule has 0 radical (unpaired) electrons. The highest BCUT2D eigenvalue weighted by Gasteiger charge is 2.46. The molecule has 4 rings (SSSR count). The molecule has 2 saturated heterocycles. The molecule has 1 aromatic rings. The van der Waals surface area contributed by atoms with Crippen molar-refractivity contribution in [2.75, 3.05) is 18.1 Å². The van der Waals surface area contributed by atoms with E-state index in [0.29, 0.717) is 24.6 Å². The number of ether oxygens (including phenoxy) is 2. The molecule has 0 N–H and O–H groups in total. The van der Waals surface area contributed by atoms with Crippen LogP contribution in [0.1, 0.15) is 58.3 Å². The molecule has 1 aromatic carbocycles. The van der Waals surface area contributed by atoms with Crippen molar-refractivity contribution in [2.45, 2.75) is 70.4 Å². The van der Waals surface area contributed by atoms with Crippen LogP contribution in [-0.2, 0) is 23.9 Å². The third-order valence-corrected chi connectivity index (χ3v) is 6.52. The zero-order valence-electron chi connectivity index (χ0n) is 18.5. The highest BCUT2D eigenvalue weighted by Crippen LogP contribution is 2.32.